The van der Waals surface area contributed by atoms with Gasteiger partial charge in [-0.1, -0.05) is 127 Å². The average molecular weight is 648 g/mol. The number of fused-ring (bicyclic) bond motifs is 13. The lowest BCUT2D eigenvalue weighted by atomic mass is 10.1. The number of aromatic nitrogens is 3. The summed E-state index contributed by atoms with van der Waals surface area (Å²) in [5.74, 6) is 0. The molecule has 0 aliphatic heterocycles. The Morgan fingerprint density at radius 1 is 0.275 bits per heavy atom. The summed E-state index contributed by atoms with van der Waals surface area (Å²) in [6.45, 7) is 0. The fourth-order valence-corrected chi connectivity index (χ4v) is 9.05. The minimum Gasteiger partial charge on any atom is -0.309 e. The molecule has 12 aromatic rings. The third-order valence-electron chi connectivity index (χ3n) is 11.2. The largest absolute Gasteiger partial charge is 0.309 e. The zero-order valence-electron chi connectivity index (χ0n) is 27.6. The maximum Gasteiger partial charge on any atom is 0.0641 e. The molecular formula is C48H29N3. The summed E-state index contributed by atoms with van der Waals surface area (Å²) in [7, 11) is 0. The lowest BCUT2D eigenvalue weighted by Gasteiger charge is -2.11. The predicted molar refractivity (Wildman–Crippen MR) is 215 cm³/mol. The van der Waals surface area contributed by atoms with E-state index >= 15 is 0 Å². The van der Waals surface area contributed by atoms with Gasteiger partial charge in [0.25, 0.3) is 0 Å². The van der Waals surface area contributed by atoms with Gasteiger partial charge in [0, 0.05) is 54.5 Å². The minimum absolute atomic E-state index is 1.16. The highest BCUT2D eigenvalue weighted by molar-refractivity contribution is 6.27. The molecule has 0 saturated carbocycles. The molecule has 0 N–H and O–H groups in total. The summed E-state index contributed by atoms with van der Waals surface area (Å²) in [5.41, 5.74) is 13.4. The molecule has 236 valence electrons. The number of nitrogens with zero attached hydrogens (tertiary/aromatic N) is 3. The summed E-state index contributed by atoms with van der Waals surface area (Å²) in [5, 5.41) is 10.2. The molecule has 3 nitrogen and oxygen atoms in total. The number of hydrogen-bond donors (Lipinski definition) is 0. The zero-order valence-corrected chi connectivity index (χ0v) is 27.6. The Labute approximate surface area is 292 Å². The number of rotatable bonds is 3. The average Bonchev–Trinajstić information content (AvgIpc) is 3.92. The van der Waals surface area contributed by atoms with Gasteiger partial charge in [-0.15, -0.1) is 0 Å². The van der Waals surface area contributed by atoms with Crippen LogP contribution in [0, 0.1) is 0 Å². The molecular weight excluding hydrogens is 619 g/mol. The van der Waals surface area contributed by atoms with Crippen molar-refractivity contribution in [3.8, 4) is 22.5 Å². The first kappa shape index (κ1) is 27.0. The Hall–Kier alpha value is -6.84. The van der Waals surface area contributed by atoms with E-state index in [-0.39, 0.29) is 0 Å². The Morgan fingerprint density at radius 3 is 1.57 bits per heavy atom. The van der Waals surface area contributed by atoms with Crippen LogP contribution in [0.25, 0.3) is 104 Å². The Bertz CT molecular complexity index is 3340. The van der Waals surface area contributed by atoms with Crippen LogP contribution in [-0.2, 0) is 0 Å². The highest BCUT2D eigenvalue weighted by Crippen LogP contribution is 2.44. The van der Waals surface area contributed by atoms with Gasteiger partial charge in [-0.25, -0.2) is 0 Å². The lowest BCUT2D eigenvalue weighted by Crippen LogP contribution is -1.96. The van der Waals surface area contributed by atoms with Crippen LogP contribution in [0.3, 0.4) is 0 Å². The third-order valence-corrected chi connectivity index (χ3v) is 11.2. The predicted octanol–water partition coefficient (Wildman–Crippen LogP) is 12.7. The first-order valence-electron chi connectivity index (χ1n) is 17.6. The number of benzene rings is 8. The van der Waals surface area contributed by atoms with Crippen LogP contribution < -0.4 is 0 Å². The SMILES string of the molecule is c1ccc(-c2ccc(-n3c4ccccc4c4ccc5c(c6ccccc6n5-c5ccc6c7cccc8c9ccccc9n(c6c5)c87)c43)cc2)cc1. The van der Waals surface area contributed by atoms with E-state index in [1.807, 2.05) is 0 Å². The van der Waals surface area contributed by atoms with Crippen molar-refractivity contribution in [2.24, 2.45) is 0 Å². The van der Waals surface area contributed by atoms with Gasteiger partial charge in [0.2, 0.25) is 0 Å². The maximum atomic E-state index is 2.47. The number of hydrogen-bond acceptors (Lipinski definition) is 0. The van der Waals surface area contributed by atoms with Crippen LogP contribution in [0.2, 0.25) is 0 Å². The summed E-state index contributed by atoms with van der Waals surface area (Å²) < 4.78 is 7.42. The molecule has 0 aliphatic carbocycles. The van der Waals surface area contributed by atoms with Crippen molar-refractivity contribution in [2.45, 2.75) is 0 Å². The first-order valence-corrected chi connectivity index (χ1v) is 17.6. The van der Waals surface area contributed by atoms with Crippen molar-refractivity contribution < 1.29 is 0 Å². The van der Waals surface area contributed by atoms with E-state index < -0.39 is 0 Å². The van der Waals surface area contributed by atoms with E-state index in [9.17, 15) is 0 Å². The second kappa shape index (κ2) is 9.87. The zero-order chi connectivity index (χ0) is 33.2. The normalized spacial score (nSPS) is 12.3. The van der Waals surface area contributed by atoms with Gasteiger partial charge in [-0.3, -0.25) is 0 Å². The summed E-state index contributed by atoms with van der Waals surface area (Å²) in [4.78, 5) is 0. The molecule has 0 fully saturated rings. The summed E-state index contributed by atoms with van der Waals surface area (Å²) >= 11 is 0. The molecule has 0 radical (unpaired) electrons. The van der Waals surface area contributed by atoms with E-state index in [4.69, 9.17) is 0 Å². The first-order chi connectivity index (χ1) is 25.3. The van der Waals surface area contributed by atoms with Gasteiger partial charge < -0.3 is 13.5 Å². The molecule has 0 aliphatic rings. The highest BCUT2D eigenvalue weighted by atomic mass is 15.0. The van der Waals surface area contributed by atoms with E-state index in [1.54, 1.807) is 0 Å². The molecule has 8 aromatic carbocycles. The highest BCUT2D eigenvalue weighted by Gasteiger charge is 2.22. The van der Waals surface area contributed by atoms with Crippen molar-refractivity contribution in [3.05, 3.63) is 176 Å². The van der Waals surface area contributed by atoms with Crippen LogP contribution in [-0.4, -0.2) is 13.5 Å². The molecule has 0 atom stereocenters. The van der Waals surface area contributed by atoms with Crippen LogP contribution >= 0.6 is 0 Å². The van der Waals surface area contributed by atoms with Gasteiger partial charge in [0.05, 0.1) is 38.6 Å². The topological polar surface area (TPSA) is 14.3 Å². The van der Waals surface area contributed by atoms with Gasteiger partial charge >= 0.3 is 0 Å². The van der Waals surface area contributed by atoms with Crippen molar-refractivity contribution >= 4 is 81.7 Å². The van der Waals surface area contributed by atoms with Crippen LogP contribution in [0.5, 0.6) is 0 Å². The Morgan fingerprint density at radius 2 is 0.804 bits per heavy atom. The lowest BCUT2D eigenvalue weighted by molar-refractivity contribution is 1.17. The maximum absolute atomic E-state index is 2.47. The van der Waals surface area contributed by atoms with E-state index in [2.05, 4.69) is 189 Å². The van der Waals surface area contributed by atoms with E-state index in [0.717, 1.165) is 11.4 Å². The molecule has 0 amide bonds. The standard InChI is InChI=1S/C48H29N3/c1-2-11-30(12-3-1)31-21-23-32(24-22-31)50-41-18-7-4-14-35(41)39-27-28-44-46(48(39)50)40-15-6-9-20-43(40)49(44)33-25-26-36-38-17-10-16-37-34-13-5-8-19-42(34)51(47(37)38)45(36)29-33/h1-29H. The Balaban J connectivity index is 1.17. The van der Waals surface area contributed by atoms with Crippen LogP contribution in [0.1, 0.15) is 0 Å². The molecule has 3 heteroatoms. The molecule has 0 unspecified atom stereocenters. The van der Waals surface area contributed by atoms with E-state index in [1.165, 1.54) is 92.8 Å². The molecule has 0 saturated heterocycles. The fraction of sp³-hybridized carbons (Fsp3) is 0. The molecule has 4 heterocycles. The van der Waals surface area contributed by atoms with Gasteiger partial charge in [-0.05, 0) is 59.7 Å². The van der Waals surface area contributed by atoms with Crippen molar-refractivity contribution in [2.75, 3.05) is 0 Å². The molecule has 51 heavy (non-hydrogen) atoms. The second-order valence-corrected chi connectivity index (χ2v) is 13.7. The smallest absolute Gasteiger partial charge is 0.0641 e. The monoisotopic (exact) mass is 647 g/mol. The van der Waals surface area contributed by atoms with Gasteiger partial charge in [-0.2, -0.15) is 0 Å². The Kier molecular flexibility index (Phi) is 5.23. The van der Waals surface area contributed by atoms with Crippen LogP contribution in [0.4, 0.5) is 0 Å². The second-order valence-electron chi connectivity index (χ2n) is 13.7. The third kappa shape index (κ3) is 3.52. The fourth-order valence-electron chi connectivity index (χ4n) is 9.05. The molecule has 12 rings (SSSR count). The summed E-state index contributed by atoms with van der Waals surface area (Å²) in [6, 6.07) is 64.6. The van der Waals surface area contributed by atoms with Crippen LogP contribution in [0.15, 0.2) is 176 Å². The van der Waals surface area contributed by atoms with Crippen molar-refractivity contribution in [1.82, 2.24) is 13.5 Å². The van der Waals surface area contributed by atoms with Gasteiger partial charge in [0.1, 0.15) is 0 Å². The minimum atomic E-state index is 1.16. The quantitative estimate of drug-likeness (QED) is 0.181. The molecule has 0 bridgehead atoms. The molecule has 0 spiro atoms. The summed E-state index contributed by atoms with van der Waals surface area (Å²) in [6.07, 6.45) is 0. The molecule has 4 aromatic heterocycles. The van der Waals surface area contributed by atoms with E-state index in [0.29, 0.717) is 0 Å². The van der Waals surface area contributed by atoms with Crippen molar-refractivity contribution in [1.29, 1.82) is 0 Å². The van der Waals surface area contributed by atoms with Crippen molar-refractivity contribution in [3.63, 3.8) is 0 Å². The van der Waals surface area contributed by atoms with Gasteiger partial charge in [0.15, 0.2) is 0 Å². The number of para-hydroxylation sites is 4.